The van der Waals surface area contributed by atoms with Crippen molar-refractivity contribution in [2.24, 2.45) is 7.05 Å². The standard InChI is InChI=1S/C21H22FN7O/c1-12-13-7-15(22)14(8-18(13)28(3)26-12)21(30)25-19-11-29-10-16(24-20(29)9-23-19)17-5-4-6-27(17)2/h7-11,17H,4-6H2,1-3H3,(H,25,30)/t17-/m1/s1. The molecule has 1 atom stereocenters. The maximum absolute atomic E-state index is 14.6. The number of benzene rings is 1. The molecule has 1 fully saturated rings. The molecule has 0 unspecified atom stereocenters. The van der Waals surface area contributed by atoms with Crippen LogP contribution in [-0.2, 0) is 7.05 Å². The first-order valence-corrected chi connectivity index (χ1v) is 9.90. The van der Waals surface area contributed by atoms with Crippen LogP contribution in [0.25, 0.3) is 16.6 Å². The number of anilines is 1. The SMILES string of the molecule is Cc1nn(C)c2cc(C(=O)Nc3cn4cc([C@H]5CCCN5C)nc4cn3)c(F)cc12. The van der Waals surface area contributed by atoms with Gasteiger partial charge in [-0.05, 0) is 45.5 Å². The van der Waals surface area contributed by atoms with Crippen molar-refractivity contribution in [2.75, 3.05) is 18.9 Å². The number of imidazole rings is 1. The number of nitrogens with zero attached hydrogens (tertiary/aromatic N) is 6. The molecule has 1 aliphatic heterocycles. The lowest BCUT2D eigenvalue weighted by Gasteiger charge is -2.16. The van der Waals surface area contributed by atoms with Crippen LogP contribution in [0, 0.1) is 12.7 Å². The van der Waals surface area contributed by atoms with Gasteiger partial charge in [0.2, 0.25) is 0 Å². The number of hydrogen-bond donors (Lipinski definition) is 1. The molecule has 3 aromatic heterocycles. The monoisotopic (exact) mass is 407 g/mol. The summed E-state index contributed by atoms with van der Waals surface area (Å²) in [6.07, 6.45) is 7.50. The predicted molar refractivity (Wildman–Crippen MR) is 111 cm³/mol. The summed E-state index contributed by atoms with van der Waals surface area (Å²) in [5.41, 5.74) is 3.06. The number of hydrogen-bond acceptors (Lipinski definition) is 5. The average Bonchev–Trinajstić information content (AvgIpc) is 3.38. The summed E-state index contributed by atoms with van der Waals surface area (Å²) in [6, 6.07) is 3.17. The van der Waals surface area contributed by atoms with E-state index in [0.29, 0.717) is 34.1 Å². The smallest absolute Gasteiger partial charge is 0.259 e. The average molecular weight is 407 g/mol. The molecule has 4 aromatic rings. The van der Waals surface area contributed by atoms with Crippen molar-refractivity contribution in [2.45, 2.75) is 25.8 Å². The fourth-order valence-electron chi connectivity index (χ4n) is 4.24. The molecular formula is C21H22FN7O. The quantitative estimate of drug-likeness (QED) is 0.565. The number of likely N-dealkylation sites (tertiary alicyclic amines) is 1. The van der Waals surface area contributed by atoms with Gasteiger partial charge in [-0.2, -0.15) is 5.10 Å². The summed E-state index contributed by atoms with van der Waals surface area (Å²) in [5, 5.41) is 7.66. The van der Waals surface area contributed by atoms with E-state index in [1.165, 1.54) is 12.1 Å². The molecule has 9 heteroatoms. The molecule has 154 valence electrons. The Morgan fingerprint density at radius 2 is 2.10 bits per heavy atom. The van der Waals surface area contributed by atoms with E-state index < -0.39 is 11.7 Å². The van der Waals surface area contributed by atoms with Crippen molar-refractivity contribution < 1.29 is 9.18 Å². The highest BCUT2D eigenvalue weighted by atomic mass is 19.1. The third kappa shape index (κ3) is 3.02. The molecule has 4 heterocycles. The van der Waals surface area contributed by atoms with Crippen LogP contribution in [0.2, 0.25) is 0 Å². The molecule has 1 aliphatic rings. The van der Waals surface area contributed by atoms with Gasteiger partial charge in [0.1, 0.15) is 11.6 Å². The van der Waals surface area contributed by atoms with Gasteiger partial charge in [-0.3, -0.25) is 14.4 Å². The lowest BCUT2D eigenvalue weighted by molar-refractivity contribution is 0.102. The summed E-state index contributed by atoms with van der Waals surface area (Å²) < 4.78 is 18.1. The molecule has 0 bridgehead atoms. The minimum atomic E-state index is -0.591. The van der Waals surface area contributed by atoms with Gasteiger partial charge in [-0.1, -0.05) is 0 Å². The van der Waals surface area contributed by atoms with Gasteiger partial charge in [0.05, 0.1) is 40.9 Å². The Bertz CT molecular complexity index is 1290. The van der Waals surface area contributed by atoms with E-state index >= 15 is 0 Å². The van der Waals surface area contributed by atoms with E-state index in [1.807, 2.05) is 17.5 Å². The first-order chi connectivity index (χ1) is 14.4. The van der Waals surface area contributed by atoms with Crippen molar-refractivity contribution in [3.63, 3.8) is 0 Å². The van der Waals surface area contributed by atoms with Crippen molar-refractivity contribution in [3.8, 4) is 0 Å². The van der Waals surface area contributed by atoms with Gasteiger partial charge in [0.15, 0.2) is 5.65 Å². The number of halogens is 1. The number of carbonyl (C=O) groups is 1. The van der Waals surface area contributed by atoms with Crippen molar-refractivity contribution in [3.05, 3.63) is 53.5 Å². The lowest BCUT2D eigenvalue weighted by atomic mass is 10.1. The summed E-state index contributed by atoms with van der Waals surface area (Å²) in [5.74, 6) is -0.820. The van der Waals surface area contributed by atoms with Crippen LogP contribution < -0.4 is 5.32 Å². The molecule has 1 aromatic carbocycles. The topological polar surface area (TPSA) is 80.4 Å². The molecule has 0 aliphatic carbocycles. The normalized spacial score (nSPS) is 17.3. The molecule has 30 heavy (non-hydrogen) atoms. The fraction of sp³-hybridized carbons (Fsp3) is 0.333. The molecule has 5 rings (SSSR count). The van der Waals surface area contributed by atoms with E-state index in [0.717, 1.165) is 25.1 Å². The molecule has 1 N–H and O–H groups in total. The number of amides is 1. The predicted octanol–water partition coefficient (Wildman–Crippen LogP) is 3.08. The number of aryl methyl sites for hydroxylation is 2. The molecule has 8 nitrogen and oxygen atoms in total. The highest BCUT2D eigenvalue weighted by Gasteiger charge is 2.25. The lowest BCUT2D eigenvalue weighted by Crippen LogP contribution is -2.17. The highest BCUT2D eigenvalue weighted by molar-refractivity contribution is 6.06. The Kier molecular flexibility index (Phi) is 4.28. The number of carbonyl (C=O) groups excluding carboxylic acids is 1. The van der Waals surface area contributed by atoms with Crippen LogP contribution in [0.15, 0.2) is 30.7 Å². The maximum Gasteiger partial charge on any atom is 0.259 e. The van der Waals surface area contributed by atoms with Gasteiger partial charge in [-0.25, -0.2) is 14.4 Å². The Morgan fingerprint density at radius 3 is 2.87 bits per heavy atom. The van der Waals surface area contributed by atoms with E-state index in [9.17, 15) is 9.18 Å². The van der Waals surface area contributed by atoms with Gasteiger partial charge < -0.3 is 9.72 Å². The zero-order valence-electron chi connectivity index (χ0n) is 17.1. The second kappa shape index (κ2) is 6.88. The second-order valence-corrected chi connectivity index (χ2v) is 7.85. The highest BCUT2D eigenvalue weighted by Crippen LogP contribution is 2.30. The van der Waals surface area contributed by atoms with E-state index in [-0.39, 0.29) is 5.56 Å². The van der Waals surface area contributed by atoms with Crippen molar-refractivity contribution in [1.82, 2.24) is 29.0 Å². The first-order valence-electron chi connectivity index (χ1n) is 9.90. The number of nitrogens with one attached hydrogen (secondary N) is 1. The summed E-state index contributed by atoms with van der Waals surface area (Å²) in [6.45, 7) is 2.87. The van der Waals surface area contributed by atoms with Crippen LogP contribution in [0.4, 0.5) is 10.2 Å². The minimum absolute atomic E-state index is 0.0497. The van der Waals surface area contributed by atoms with E-state index in [1.54, 1.807) is 24.1 Å². The molecule has 1 amide bonds. The van der Waals surface area contributed by atoms with Crippen LogP contribution in [0.1, 0.15) is 40.6 Å². The Hall–Kier alpha value is -3.33. The van der Waals surface area contributed by atoms with Gasteiger partial charge in [-0.15, -0.1) is 0 Å². The molecule has 0 saturated carbocycles. The molecule has 0 radical (unpaired) electrons. The summed E-state index contributed by atoms with van der Waals surface area (Å²) in [4.78, 5) is 24.0. The third-order valence-corrected chi connectivity index (χ3v) is 5.83. The van der Waals surface area contributed by atoms with Gasteiger partial charge in [0, 0.05) is 18.6 Å². The Morgan fingerprint density at radius 1 is 1.27 bits per heavy atom. The Labute approximate surface area is 172 Å². The number of rotatable bonds is 3. The van der Waals surface area contributed by atoms with Crippen molar-refractivity contribution in [1.29, 1.82) is 0 Å². The van der Waals surface area contributed by atoms with Crippen LogP contribution in [-0.4, -0.2) is 48.5 Å². The zero-order chi connectivity index (χ0) is 21.0. The largest absolute Gasteiger partial charge is 0.305 e. The van der Waals surface area contributed by atoms with Crippen molar-refractivity contribution >= 4 is 28.3 Å². The molecular weight excluding hydrogens is 385 g/mol. The maximum atomic E-state index is 14.6. The number of fused-ring (bicyclic) bond motifs is 2. The number of aromatic nitrogens is 5. The van der Waals surface area contributed by atoms with Crippen LogP contribution in [0.5, 0.6) is 0 Å². The first kappa shape index (κ1) is 18.7. The van der Waals surface area contributed by atoms with Crippen LogP contribution >= 0.6 is 0 Å². The van der Waals surface area contributed by atoms with Crippen LogP contribution in [0.3, 0.4) is 0 Å². The Balaban J connectivity index is 1.44. The third-order valence-electron chi connectivity index (χ3n) is 5.83. The summed E-state index contributed by atoms with van der Waals surface area (Å²) >= 11 is 0. The van der Waals surface area contributed by atoms with Gasteiger partial charge >= 0.3 is 0 Å². The van der Waals surface area contributed by atoms with E-state index in [4.69, 9.17) is 0 Å². The molecule has 1 saturated heterocycles. The molecule has 0 spiro atoms. The minimum Gasteiger partial charge on any atom is -0.305 e. The summed E-state index contributed by atoms with van der Waals surface area (Å²) in [7, 11) is 3.86. The second-order valence-electron chi connectivity index (χ2n) is 7.85. The zero-order valence-corrected chi connectivity index (χ0v) is 17.1. The van der Waals surface area contributed by atoms with Gasteiger partial charge in [0.25, 0.3) is 5.91 Å². The van der Waals surface area contributed by atoms with E-state index in [2.05, 4.69) is 32.3 Å². The fourth-order valence-corrected chi connectivity index (χ4v) is 4.24.